The molecular weight excluding hydrogens is 406 g/mol. The number of hydrogen-bond acceptors (Lipinski definition) is 6. The summed E-state index contributed by atoms with van der Waals surface area (Å²) in [6.45, 7) is 13.8. The molecule has 2 N–H and O–H groups in total. The van der Waals surface area contributed by atoms with Crippen LogP contribution in [-0.2, 0) is 5.41 Å². The second kappa shape index (κ2) is 10.5. The Morgan fingerprint density at radius 3 is 2.68 bits per heavy atom. The Hall–Kier alpha value is -2.80. The van der Waals surface area contributed by atoms with Gasteiger partial charge in [-0.15, -0.1) is 0 Å². The van der Waals surface area contributed by atoms with Crippen molar-refractivity contribution in [2.24, 2.45) is 14.4 Å². The van der Waals surface area contributed by atoms with E-state index < -0.39 is 0 Å². The molecular formula is C24H31N5OS. The van der Waals surface area contributed by atoms with Crippen LogP contribution in [0, 0.1) is 13.8 Å². The standard InChI is InChI=1S/C24H31N5OS/c1-17-15-21(18(2)14-20(17)28-23-26-12-9-13-27-23)30-16-31-29-22(25-5)24(3,4)19-10-7-6-8-11-19/h6-8,10-11,14-15H,5,9,12-13,16H2,1-4H3,(H2,26,27,28)/b29-22-. The zero-order valence-corrected chi connectivity index (χ0v) is 19.6. The topological polar surface area (TPSA) is 70.4 Å². The van der Waals surface area contributed by atoms with E-state index in [-0.39, 0.29) is 5.41 Å². The highest BCUT2D eigenvalue weighted by Crippen LogP contribution is 2.29. The molecule has 1 heterocycles. The minimum Gasteiger partial charge on any atom is -0.481 e. The van der Waals surface area contributed by atoms with E-state index in [2.05, 4.69) is 70.7 Å². The Bertz CT molecular complexity index is 969. The molecule has 6 nitrogen and oxygen atoms in total. The number of ether oxygens (including phenoxy) is 1. The van der Waals surface area contributed by atoms with Gasteiger partial charge in [0.05, 0.1) is 5.41 Å². The molecule has 0 aliphatic carbocycles. The Kier molecular flexibility index (Phi) is 7.74. The van der Waals surface area contributed by atoms with Gasteiger partial charge in [-0.1, -0.05) is 30.3 Å². The summed E-state index contributed by atoms with van der Waals surface area (Å²) in [5.74, 6) is 2.75. The molecule has 2 aromatic carbocycles. The van der Waals surface area contributed by atoms with Crippen molar-refractivity contribution in [3.63, 3.8) is 0 Å². The highest BCUT2D eigenvalue weighted by molar-refractivity contribution is 7.98. The summed E-state index contributed by atoms with van der Waals surface area (Å²) in [5.41, 5.74) is 4.01. The Morgan fingerprint density at radius 1 is 1.23 bits per heavy atom. The summed E-state index contributed by atoms with van der Waals surface area (Å²) < 4.78 is 10.6. The molecule has 0 saturated heterocycles. The van der Waals surface area contributed by atoms with Crippen LogP contribution in [0.25, 0.3) is 0 Å². The average molecular weight is 438 g/mol. The van der Waals surface area contributed by atoms with Crippen molar-refractivity contribution in [1.29, 1.82) is 0 Å². The summed E-state index contributed by atoms with van der Waals surface area (Å²) in [7, 11) is 0. The molecule has 0 spiro atoms. The smallest absolute Gasteiger partial charge is 0.195 e. The van der Waals surface area contributed by atoms with Crippen molar-refractivity contribution in [3.05, 3.63) is 59.2 Å². The summed E-state index contributed by atoms with van der Waals surface area (Å²) >= 11 is 1.34. The SMILES string of the molecule is C=N/C(=N\SCOc1cc(C)c(NC2=NCCCN2)cc1C)C(C)(C)c1ccccc1. The first-order valence-electron chi connectivity index (χ1n) is 10.4. The van der Waals surface area contributed by atoms with Crippen molar-refractivity contribution in [2.45, 2.75) is 39.5 Å². The lowest BCUT2D eigenvalue weighted by atomic mass is 9.83. The lowest BCUT2D eigenvalue weighted by Gasteiger charge is -2.24. The molecule has 0 radical (unpaired) electrons. The molecule has 1 aliphatic heterocycles. The number of anilines is 1. The van der Waals surface area contributed by atoms with Crippen molar-refractivity contribution >= 4 is 36.1 Å². The van der Waals surface area contributed by atoms with E-state index in [1.807, 2.05) is 31.2 Å². The second-order valence-electron chi connectivity index (χ2n) is 8.02. The summed E-state index contributed by atoms with van der Waals surface area (Å²) in [4.78, 5) is 8.65. The maximum Gasteiger partial charge on any atom is 0.195 e. The maximum atomic E-state index is 6.00. The van der Waals surface area contributed by atoms with E-state index in [9.17, 15) is 0 Å². The van der Waals surface area contributed by atoms with Crippen molar-refractivity contribution in [2.75, 3.05) is 24.3 Å². The Morgan fingerprint density at radius 2 is 2.00 bits per heavy atom. The quantitative estimate of drug-likeness (QED) is 0.207. The molecule has 7 heteroatoms. The molecule has 31 heavy (non-hydrogen) atoms. The van der Waals surface area contributed by atoms with Gasteiger partial charge in [-0.05, 0) is 69.7 Å². The average Bonchev–Trinajstić information content (AvgIpc) is 2.78. The van der Waals surface area contributed by atoms with E-state index in [0.29, 0.717) is 11.8 Å². The zero-order valence-electron chi connectivity index (χ0n) is 18.7. The number of rotatable bonds is 7. The van der Waals surface area contributed by atoms with Crippen LogP contribution in [0.4, 0.5) is 5.69 Å². The van der Waals surface area contributed by atoms with Gasteiger partial charge in [0.1, 0.15) is 11.6 Å². The van der Waals surface area contributed by atoms with Gasteiger partial charge < -0.3 is 15.4 Å². The number of aliphatic imine (C=N–C) groups is 2. The third-order valence-electron chi connectivity index (χ3n) is 5.29. The summed E-state index contributed by atoms with van der Waals surface area (Å²) in [5, 5.41) is 6.66. The molecule has 0 unspecified atom stereocenters. The molecule has 0 saturated carbocycles. The Balaban J connectivity index is 1.62. The first-order valence-corrected chi connectivity index (χ1v) is 11.4. The Labute approximate surface area is 189 Å². The van der Waals surface area contributed by atoms with Gasteiger partial charge in [0.15, 0.2) is 11.9 Å². The van der Waals surface area contributed by atoms with Crippen molar-refractivity contribution < 1.29 is 4.74 Å². The number of amidine groups is 1. The third kappa shape index (κ3) is 5.88. The highest BCUT2D eigenvalue weighted by atomic mass is 32.2. The van der Waals surface area contributed by atoms with Gasteiger partial charge in [0.25, 0.3) is 0 Å². The molecule has 0 aromatic heterocycles. The monoisotopic (exact) mass is 437 g/mol. The van der Waals surface area contributed by atoms with E-state index in [1.165, 1.54) is 11.9 Å². The normalized spacial score (nSPS) is 14.5. The van der Waals surface area contributed by atoms with Gasteiger partial charge in [0, 0.05) is 30.7 Å². The van der Waals surface area contributed by atoms with Crippen LogP contribution in [0.3, 0.4) is 0 Å². The number of benzene rings is 2. The largest absolute Gasteiger partial charge is 0.481 e. The van der Waals surface area contributed by atoms with Crippen LogP contribution in [-0.4, -0.2) is 37.5 Å². The molecule has 0 fully saturated rings. The fourth-order valence-corrected chi connectivity index (χ4v) is 3.97. The molecule has 0 amide bonds. The van der Waals surface area contributed by atoms with Crippen molar-refractivity contribution in [1.82, 2.24) is 5.32 Å². The van der Waals surface area contributed by atoms with Gasteiger partial charge in [-0.25, -0.2) is 4.99 Å². The fraction of sp³-hybridized carbons (Fsp3) is 0.375. The van der Waals surface area contributed by atoms with E-state index in [0.717, 1.165) is 53.6 Å². The van der Waals surface area contributed by atoms with Crippen LogP contribution >= 0.6 is 11.9 Å². The van der Waals surface area contributed by atoms with E-state index in [4.69, 9.17) is 4.74 Å². The predicted molar refractivity (Wildman–Crippen MR) is 134 cm³/mol. The van der Waals surface area contributed by atoms with E-state index in [1.54, 1.807) is 0 Å². The van der Waals surface area contributed by atoms with Crippen LogP contribution in [0.5, 0.6) is 5.75 Å². The number of nitrogens with zero attached hydrogens (tertiary/aromatic N) is 3. The first kappa shape index (κ1) is 22.9. The minimum atomic E-state index is -0.328. The number of hydrogen-bond donors (Lipinski definition) is 2. The zero-order chi connectivity index (χ0) is 22.3. The number of guanidine groups is 1. The molecule has 0 bridgehead atoms. The first-order chi connectivity index (χ1) is 14.9. The van der Waals surface area contributed by atoms with E-state index >= 15 is 0 Å². The summed E-state index contributed by atoms with van der Waals surface area (Å²) in [6.07, 6.45) is 1.07. The number of nitrogens with one attached hydrogen (secondary N) is 2. The highest BCUT2D eigenvalue weighted by Gasteiger charge is 2.26. The molecule has 3 rings (SSSR count). The van der Waals surface area contributed by atoms with Gasteiger partial charge in [0.2, 0.25) is 0 Å². The second-order valence-corrected chi connectivity index (χ2v) is 8.70. The number of aryl methyl sites for hydroxylation is 2. The van der Waals surface area contributed by atoms with Crippen LogP contribution in [0.1, 0.15) is 37.0 Å². The van der Waals surface area contributed by atoms with Crippen LogP contribution in [0.15, 0.2) is 56.8 Å². The molecule has 0 atom stereocenters. The van der Waals surface area contributed by atoms with Crippen molar-refractivity contribution in [3.8, 4) is 5.75 Å². The predicted octanol–water partition coefficient (Wildman–Crippen LogP) is 5.13. The lowest BCUT2D eigenvalue weighted by molar-refractivity contribution is 0.390. The third-order valence-corrected chi connectivity index (χ3v) is 5.82. The van der Waals surface area contributed by atoms with Crippen LogP contribution in [0.2, 0.25) is 0 Å². The lowest BCUT2D eigenvalue weighted by Crippen LogP contribution is -2.35. The molecule has 2 aromatic rings. The molecule has 1 aliphatic rings. The van der Waals surface area contributed by atoms with Gasteiger partial charge in [-0.2, -0.15) is 4.40 Å². The fourth-order valence-electron chi connectivity index (χ4n) is 3.33. The van der Waals surface area contributed by atoms with Crippen LogP contribution < -0.4 is 15.4 Å². The van der Waals surface area contributed by atoms with Gasteiger partial charge in [-0.3, -0.25) is 4.99 Å². The van der Waals surface area contributed by atoms with Gasteiger partial charge >= 0.3 is 0 Å². The molecule has 164 valence electrons. The summed E-state index contributed by atoms with van der Waals surface area (Å²) in [6, 6.07) is 14.3. The minimum absolute atomic E-state index is 0.328. The maximum absolute atomic E-state index is 6.00.